The Morgan fingerprint density at radius 3 is 2.72 bits per heavy atom. The fourth-order valence-electron chi connectivity index (χ4n) is 2.90. The lowest BCUT2D eigenvalue weighted by Crippen LogP contribution is -2.31. The molecule has 1 saturated heterocycles. The van der Waals surface area contributed by atoms with E-state index in [1.807, 2.05) is 7.05 Å². The minimum atomic E-state index is -2.79. The van der Waals surface area contributed by atoms with E-state index in [0.717, 1.165) is 25.2 Å². The largest absolute Gasteiger partial charge is 0.388 e. The van der Waals surface area contributed by atoms with Crippen molar-refractivity contribution in [1.29, 1.82) is 0 Å². The van der Waals surface area contributed by atoms with Crippen LogP contribution in [0, 0.1) is 0 Å². The van der Waals surface area contributed by atoms with Gasteiger partial charge in [0.05, 0.1) is 11.5 Å². The summed E-state index contributed by atoms with van der Waals surface area (Å²) in [6.07, 6.45) is 0.787. The van der Waals surface area contributed by atoms with Gasteiger partial charge < -0.3 is 5.32 Å². The summed E-state index contributed by atoms with van der Waals surface area (Å²) in [4.78, 5) is 2.30. The van der Waals surface area contributed by atoms with Gasteiger partial charge in [0.15, 0.2) is 9.84 Å². The zero-order chi connectivity index (χ0) is 12.8. The third kappa shape index (κ3) is 2.12. The van der Waals surface area contributed by atoms with Gasteiger partial charge in [-0.15, -0.1) is 0 Å². The van der Waals surface area contributed by atoms with Crippen LogP contribution in [0.5, 0.6) is 0 Å². The van der Waals surface area contributed by atoms with Gasteiger partial charge in [0.2, 0.25) is 0 Å². The molecule has 1 aromatic rings. The van der Waals surface area contributed by atoms with Crippen LogP contribution in [-0.4, -0.2) is 37.9 Å². The maximum absolute atomic E-state index is 11.5. The van der Waals surface area contributed by atoms with Crippen molar-refractivity contribution in [3.63, 3.8) is 0 Å². The van der Waals surface area contributed by atoms with Crippen LogP contribution in [0.2, 0.25) is 0 Å². The van der Waals surface area contributed by atoms with Gasteiger partial charge in [-0.25, -0.2) is 8.42 Å². The first-order chi connectivity index (χ1) is 8.57. The first-order valence-electron chi connectivity index (χ1n) is 6.31. The molecule has 3 rings (SSSR count). The van der Waals surface area contributed by atoms with E-state index in [9.17, 15) is 8.42 Å². The van der Waals surface area contributed by atoms with Crippen molar-refractivity contribution >= 4 is 15.5 Å². The van der Waals surface area contributed by atoms with Crippen molar-refractivity contribution in [3.8, 4) is 0 Å². The lowest BCUT2D eigenvalue weighted by molar-refractivity contribution is 0.217. The topological polar surface area (TPSA) is 49.4 Å². The van der Waals surface area contributed by atoms with Gasteiger partial charge in [0, 0.05) is 31.9 Å². The third-order valence-electron chi connectivity index (χ3n) is 3.97. The Morgan fingerprint density at radius 1 is 1.28 bits per heavy atom. The average molecular weight is 266 g/mol. The Kier molecular flexibility index (Phi) is 2.83. The van der Waals surface area contributed by atoms with Crippen LogP contribution in [0.1, 0.15) is 17.5 Å². The van der Waals surface area contributed by atoms with E-state index in [-0.39, 0.29) is 6.04 Å². The molecule has 98 valence electrons. The molecule has 0 spiro atoms. The van der Waals surface area contributed by atoms with E-state index in [4.69, 9.17) is 0 Å². The molecule has 18 heavy (non-hydrogen) atoms. The van der Waals surface area contributed by atoms with Crippen molar-refractivity contribution in [2.24, 2.45) is 0 Å². The Morgan fingerprint density at radius 2 is 2.06 bits per heavy atom. The zero-order valence-corrected chi connectivity index (χ0v) is 11.3. The predicted molar refractivity (Wildman–Crippen MR) is 72.3 cm³/mol. The molecule has 1 unspecified atom stereocenters. The molecule has 2 aliphatic rings. The fourth-order valence-corrected chi connectivity index (χ4v) is 4.66. The first kappa shape index (κ1) is 12.0. The second-order valence-corrected chi connectivity index (χ2v) is 7.42. The number of hydrogen-bond donors (Lipinski definition) is 1. The normalized spacial score (nSPS) is 26.2. The van der Waals surface area contributed by atoms with Gasteiger partial charge in [-0.05, 0) is 29.7 Å². The molecule has 1 aromatic carbocycles. The van der Waals surface area contributed by atoms with Crippen LogP contribution >= 0.6 is 0 Å². The molecule has 0 aromatic heterocycles. The number of anilines is 1. The number of rotatable bonds is 2. The minimum absolute atomic E-state index is 0.209. The van der Waals surface area contributed by atoms with Gasteiger partial charge >= 0.3 is 0 Å². The Hall–Kier alpha value is -1.07. The quantitative estimate of drug-likeness (QED) is 0.875. The first-order valence-corrected chi connectivity index (χ1v) is 8.13. The van der Waals surface area contributed by atoms with E-state index >= 15 is 0 Å². The van der Waals surface area contributed by atoms with Crippen molar-refractivity contribution in [3.05, 3.63) is 29.3 Å². The zero-order valence-electron chi connectivity index (χ0n) is 10.5. The third-order valence-corrected chi connectivity index (χ3v) is 5.72. The smallest absolute Gasteiger partial charge is 0.151 e. The fraction of sp³-hybridized carbons (Fsp3) is 0.538. The van der Waals surface area contributed by atoms with Gasteiger partial charge in [0.25, 0.3) is 0 Å². The minimum Gasteiger partial charge on any atom is -0.388 e. The van der Waals surface area contributed by atoms with Gasteiger partial charge in [-0.2, -0.15) is 0 Å². The highest BCUT2D eigenvalue weighted by molar-refractivity contribution is 7.91. The van der Waals surface area contributed by atoms with Crippen molar-refractivity contribution in [2.45, 2.75) is 25.6 Å². The van der Waals surface area contributed by atoms with Gasteiger partial charge in [0.1, 0.15) is 0 Å². The molecule has 0 aliphatic carbocycles. The van der Waals surface area contributed by atoms with Crippen LogP contribution in [0.3, 0.4) is 0 Å². The lowest BCUT2D eigenvalue weighted by atomic mass is 10.1. The van der Waals surface area contributed by atoms with Gasteiger partial charge in [-0.1, -0.05) is 6.07 Å². The highest BCUT2D eigenvalue weighted by atomic mass is 32.2. The summed E-state index contributed by atoms with van der Waals surface area (Å²) >= 11 is 0. The second-order valence-electron chi connectivity index (χ2n) is 5.20. The standard InChI is InChI=1S/C13H18N2O2S/c1-14-12-3-2-10-7-15(8-11(10)6-12)13-4-5-18(16,17)9-13/h2-3,6,13-14H,4-5,7-9H2,1H3. The molecule has 1 N–H and O–H groups in total. The predicted octanol–water partition coefficient (Wildman–Crippen LogP) is 1.23. The summed E-state index contributed by atoms with van der Waals surface area (Å²) in [5.41, 5.74) is 3.78. The second kappa shape index (κ2) is 4.24. The molecule has 4 nitrogen and oxygen atoms in total. The summed E-state index contributed by atoms with van der Waals surface area (Å²) in [6, 6.07) is 6.59. The monoisotopic (exact) mass is 266 g/mol. The van der Waals surface area contributed by atoms with Gasteiger partial charge in [-0.3, -0.25) is 4.90 Å². The summed E-state index contributed by atoms with van der Waals surface area (Å²) < 4.78 is 23.1. The molecule has 2 aliphatic heterocycles. The molecule has 0 bridgehead atoms. The van der Waals surface area contributed by atoms with Crippen molar-refractivity contribution in [1.82, 2.24) is 4.90 Å². The van der Waals surface area contributed by atoms with Crippen LogP contribution < -0.4 is 5.32 Å². The van der Waals surface area contributed by atoms with Crippen molar-refractivity contribution in [2.75, 3.05) is 23.9 Å². The Labute approximate surface area is 108 Å². The molecule has 2 heterocycles. The highest BCUT2D eigenvalue weighted by Gasteiger charge is 2.34. The number of sulfone groups is 1. The number of nitrogens with zero attached hydrogens (tertiary/aromatic N) is 1. The van der Waals surface area contributed by atoms with E-state index in [2.05, 4.69) is 28.4 Å². The van der Waals surface area contributed by atoms with Crippen molar-refractivity contribution < 1.29 is 8.42 Å². The summed E-state index contributed by atoms with van der Waals surface area (Å²) in [5, 5.41) is 3.14. The maximum Gasteiger partial charge on any atom is 0.151 e. The molecular weight excluding hydrogens is 248 g/mol. The van der Waals surface area contributed by atoms with Crippen LogP contribution in [0.25, 0.3) is 0 Å². The summed E-state index contributed by atoms with van der Waals surface area (Å²) in [7, 11) is -0.872. The van der Waals surface area contributed by atoms with Crippen LogP contribution in [0.4, 0.5) is 5.69 Å². The average Bonchev–Trinajstić information content (AvgIpc) is 2.90. The lowest BCUT2D eigenvalue weighted by Gasteiger charge is -2.21. The van der Waals surface area contributed by atoms with Crippen LogP contribution in [-0.2, 0) is 22.9 Å². The maximum atomic E-state index is 11.5. The van der Waals surface area contributed by atoms with E-state index < -0.39 is 9.84 Å². The molecular formula is C13H18N2O2S. The molecule has 5 heteroatoms. The van der Waals surface area contributed by atoms with Crippen LogP contribution in [0.15, 0.2) is 18.2 Å². The van der Waals surface area contributed by atoms with E-state index in [0.29, 0.717) is 11.5 Å². The molecule has 0 saturated carbocycles. The number of benzene rings is 1. The number of hydrogen-bond acceptors (Lipinski definition) is 4. The summed E-state index contributed by atoms with van der Waals surface area (Å²) in [5.74, 6) is 0.687. The van der Waals surface area contributed by atoms with E-state index in [1.165, 1.54) is 11.1 Å². The molecule has 1 fully saturated rings. The Bertz CT molecular complexity index is 568. The number of fused-ring (bicyclic) bond motifs is 1. The summed E-state index contributed by atoms with van der Waals surface area (Å²) in [6.45, 7) is 1.77. The SMILES string of the molecule is CNc1ccc2c(c1)CN(C1CCS(=O)(=O)C1)C2. The number of nitrogens with one attached hydrogen (secondary N) is 1. The highest BCUT2D eigenvalue weighted by Crippen LogP contribution is 2.30. The molecule has 0 amide bonds. The molecule has 0 radical (unpaired) electrons. The van der Waals surface area contributed by atoms with E-state index in [1.54, 1.807) is 0 Å². The molecule has 1 atom stereocenters. The Balaban J connectivity index is 1.77.